The van der Waals surface area contributed by atoms with E-state index in [-0.39, 0.29) is 5.41 Å². The predicted molar refractivity (Wildman–Crippen MR) is 85.5 cm³/mol. The average molecular weight is 310 g/mol. The predicted octanol–water partition coefficient (Wildman–Crippen LogP) is 2.57. The Kier molecular flexibility index (Phi) is 5.07. The first kappa shape index (κ1) is 16.5. The molecule has 0 spiro atoms. The van der Waals surface area contributed by atoms with Crippen LogP contribution < -0.4 is 10.5 Å². The van der Waals surface area contributed by atoms with E-state index in [9.17, 15) is 8.42 Å². The van der Waals surface area contributed by atoms with Crippen molar-refractivity contribution in [1.29, 1.82) is 0 Å². The standard InChI is InChI=1S/C16H26N2O2S/c1-3-13-6-7-15(10-14(13)11-17)21(19,20)18-12-16(2)8-4-5-9-16/h6-7,10,18H,3-5,8-9,11-12,17H2,1-2H3. The van der Waals surface area contributed by atoms with Crippen molar-refractivity contribution in [3.8, 4) is 0 Å². The van der Waals surface area contributed by atoms with Gasteiger partial charge in [-0.2, -0.15) is 0 Å². The quantitative estimate of drug-likeness (QED) is 0.848. The highest BCUT2D eigenvalue weighted by Gasteiger charge is 2.30. The van der Waals surface area contributed by atoms with Gasteiger partial charge in [0.05, 0.1) is 4.90 Å². The summed E-state index contributed by atoms with van der Waals surface area (Å²) >= 11 is 0. The van der Waals surface area contributed by atoms with Crippen molar-refractivity contribution in [1.82, 2.24) is 4.72 Å². The molecule has 0 unspecified atom stereocenters. The summed E-state index contributed by atoms with van der Waals surface area (Å²) in [5.41, 5.74) is 7.84. The highest BCUT2D eigenvalue weighted by Crippen LogP contribution is 2.37. The maximum absolute atomic E-state index is 12.4. The Bertz CT molecular complexity index is 590. The molecular weight excluding hydrogens is 284 g/mol. The van der Waals surface area contributed by atoms with E-state index in [4.69, 9.17) is 5.73 Å². The number of nitrogens with one attached hydrogen (secondary N) is 1. The zero-order valence-corrected chi connectivity index (χ0v) is 13.8. The SMILES string of the molecule is CCc1ccc(S(=O)(=O)NCC2(C)CCCC2)cc1CN. The van der Waals surface area contributed by atoms with E-state index in [1.165, 1.54) is 12.8 Å². The van der Waals surface area contributed by atoms with Crippen LogP contribution >= 0.6 is 0 Å². The summed E-state index contributed by atoms with van der Waals surface area (Å²) in [5, 5.41) is 0. The number of hydrogen-bond acceptors (Lipinski definition) is 3. The monoisotopic (exact) mass is 310 g/mol. The molecule has 0 saturated heterocycles. The minimum atomic E-state index is -3.45. The normalized spacial score (nSPS) is 18.0. The molecule has 0 aliphatic heterocycles. The summed E-state index contributed by atoms with van der Waals surface area (Å²) in [6.45, 7) is 5.09. The summed E-state index contributed by atoms with van der Waals surface area (Å²) < 4.78 is 27.7. The topological polar surface area (TPSA) is 72.2 Å². The molecule has 3 N–H and O–H groups in total. The minimum Gasteiger partial charge on any atom is -0.326 e. The van der Waals surface area contributed by atoms with Gasteiger partial charge in [-0.25, -0.2) is 13.1 Å². The van der Waals surface area contributed by atoms with Gasteiger partial charge in [-0.3, -0.25) is 0 Å². The van der Waals surface area contributed by atoms with Crippen molar-refractivity contribution < 1.29 is 8.42 Å². The van der Waals surface area contributed by atoms with Gasteiger partial charge in [0.1, 0.15) is 0 Å². The highest BCUT2D eigenvalue weighted by atomic mass is 32.2. The van der Waals surface area contributed by atoms with E-state index in [1.54, 1.807) is 12.1 Å². The Balaban J connectivity index is 2.15. The zero-order valence-electron chi connectivity index (χ0n) is 13.0. The Hall–Kier alpha value is -0.910. The minimum absolute atomic E-state index is 0.104. The van der Waals surface area contributed by atoms with Gasteiger partial charge in [-0.15, -0.1) is 0 Å². The molecule has 118 valence electrons. The number of aryl methyl sites for hydroxylation is 1. The van der Waals surface area contributed by atoms with Crippen molar-refractivity contribution in [2.45, 2.75) is 57.4 Å². The molecule has 21 heavy (non-hydrogen) atoms. The third kappa shape index (κ3) is 3.84. The lowest BCUT2D eigenvalue weighted by Gasteiger charge is -2.23. The van der Waals surface area contributed by atoms with Crippen LogP contribution in [0.5, 0.6) is 0 Å². The molecule has 1 aromatic rings. The third-order valence-corrected chi connectivity index (χ3v) is 5.99. The second-order valence-corrected chi connectivity index (χ2v) is 8.10. The molecule has 0 amide bonds. The van der Waals surface area contributed by atoms with Gasteiger partial charge in [0.2, 0.25) is 10.0 Å². The molecule has 4 nitrogen and oxygen atoms in total. The zero-order chi connectivity index (χ0) is 15.5. The van der Waals surface area contributed by atoms with Crippen LogP contribution in [0.25, 0.3) is 0 Å². The maximum Gasteiger partial charge on any atom is 0.240 e. The second kappa shape index (κ2) is 6.46. The average Bonchev–Trinajstić information content (AvgIpc) is 2.92. The van der Waals surface area contributed by atoms with Crippen LogP contribution in [0.3, 0.4) is 0 Å². The Morgan fingerprint density at radius 3 is 2.48 bits per heavy atom. The molecule has 1 fully saturated rings. The van der Waals surface area contributed by atoms with Gasteiger partial charge in [-0.1, -0.05) is 32.8 Å². The van der Waals surface area contributed by atoms with E-state index >= 15 is 0 Å². The number of hydrogen-bond donors (Lipinski definition) is 2. The first-order valence-corrected chi connectivity index (χ1v) is 9.20. The first-order chi connectivity index (χ1) is 9.90. The number of sulfonamides is 1. The van der Waals surface area contributed by atoms with Gasteiger partial charge >= 0.3 is 0 Å². The number of rotatable bonds is 6. The molecule has 2 rings (SSSR count). The van der Waals surface area contributed by atoms with Crippen molar-refractivity contribution in [2.75, 3.05) is 6.54 Å². The molecule has 0 bridgehead atoms. The summed E-state index contributed by atoms with van der Waals surface area (Å²) in [7, 11) is -3.45. The van der Waals surface area contributed by atoms with Crippen molar-refractivity contribution in [3.63, 3.8) is 0 Å². The first-order valence-electron chi connectivity index (χ1n) is 7.72. The molecule has 5 heteroatoms. The summed E-state index contributed by atoms with van der Waals surface area (Å²) in [6.07, 6.45) is 5.44. The van der Waals surface area contributed by atoms with E-state index in [2.05, 4.69) is 11.6 Å². The molecular formula is C16H26N2O2S. The largest absolute Gasteiger partial charge is 0.326 e. The van der Waals surface area contributed by atoms with Crippen molar-refractivity contribution in [3.05, 3.63) is 29.3 Å². The Labute approximate surface area is 128 Å². The fourth-order valence-corrected chi connectivity index (χ4v) is 4.31. The molecule has 1 aromatic carbocycles. The van der Waals surface area contributed by atoms with Crippen LogP contribution in [0.15, 0.2) is 23.1 Å². The van der Waals surface area contributed by atoms with Crippen LogP contribution in [-0.2, 0) is 23.0 Å². The van der Waals surface area contributed by atoms with Gasteiger partial charge in [0.25, 0.3) is 0 Å². The fourth-order valence-electron chi connectivity index (χ4n) is 3.06. The maximum atomic E-state index is 12.4. The highest BCUT2D eigenvalue weighted by molar-refractivity contribution is 7.89. The van der Waals surface area contributed by atoms with Crippen LogP contribution in [0, 0.1) is 5.41 Å². The van der Waals surface area contributed by atoms with Gasteiger partial charge < -0.3 is 5.73 Å². The molecule has 0 aromatic heterocycles. The van der Waals surface area contributed by atoms with Gasteiger partial charge in [0, 0.05) is 13.1 Å². The summed E-state index contributed by atoms with van der Waals surface area (Å²) in [6, 6.07) is 5.25. The van der Waals surface area contributed by atoms with E-state index in [0.717, 1.165) is 30.4 Å². The molecule has 0 heterocycles. The van der Waals surface area contributed by atoms with Crippen LogP contribution in [0.2, 0.25) is 0 Å². The van der Waals surface area contributed by atoms with E-state index in [0.29, 0.717) is 18.0 Å². The van der Waals surface area contributed by atoms with Crippen LogP contribution in [0.4, 0.5) is 0 Å². The molecule has 0 radical (unpaired) electrons. The second-order valence-electron chi connectivity index (χ2n) is 6.33. The van der Waals surface area contributed by atoms with Gasteiger partial charge in [-0.05, 0) is 47.9 Å². The lowest BCUT2D eigenvalue weighted by Crippen LogP contribution is -2.34. The summed E-state index contributed by atoms with van der Waals surface area (Å²) in [5.74, 6) is 0. The Morgan fingerprint density at radius 2 is 1.90 bits per heavy atom. The lowest BCUT2D eigenvalue weighted by atomic mass is 9.89. The van der Waals surface area contributed by atoms with E-state index < -0.39 is 10.0 Å². The summed E-state index contributed by atoms with van der Waals surface area (Å²) in [4.78, 5) is 0.321. The van der Waals surface area contributed by atoms with E-state index in [1.807, 2.05) is 13.0 Å². The molecule has 0 atom stereocenters. The fraction of sp³-hybridized carbons (Fsp3) is 0.625. The van der Waals surface area contributed by atoms with Crippen molar-refractivity contribution in [2.24, 2.45) is 11.1 Å². The van der Waals surface area contributed by atoms with Crippen LogP contribution in [0.1, 0.15) is 50.7 Å². The molecule has 1 aliphatic rings. The third-order valence-electron chi connectivity index (χ3n) is 4.59. The van der Waals surface area contributed by atoms with Gasteiger partial charge in [0.15, 0.2) is 0 Å². The molecule has 1 aliphatic carbocycles. The van der Waals surface area contributed by atoms with Crippen molar-refractivity contribution >= 4 is 10.0 Å². The number of benzene rings is 1. The molecule has 1 saturated carbocycles. The lowest BCUT2D eigenvalue weighted by molar-refractivity contribution is 0.336. The Morgan fingerprint density at radius 1 is 1.24 bits per heavy atom. The number of nitrogens with two attached hydrogens (primary N) is 1. The van der Waals surface area contributed by atoms with Crippen LogP contribution in [-0.4, -0.2) is 15.0 Å². The smallest absolute Gasteiger partial charge is 0.240 e.